The van der Waals surface area contributed by atoms with Crippen LogP contribution < -0.4 is 22.1 Å². The molecule has 0 fully saturated rings. The third kappa shape index (κ3) is 2.44. The number of aromatic hydroxyl groups is 1. The summed E-state index contributed by atoms with van der Waals surface area (Å²) < 4.78 is 28.8. The van der Waals surface area contributed by atoms with Gasteiger partial charge < -0.3 is 21.9 Å². The minimum absolute atomic E-state index is 0.0114. The third-order valence-electron chi connectivity index (χ3n) is 3.74. The number of benzene rings is 1. The van der Waals surface area contributed by atoms with Crippen LogP contribution in [0.2, 0.25) is 0 Å². The van der Waals surface area contributed by atoms with Crippen LogP contribution in [0.5, 0.6) is 5.75 Å². The lowest BCUT2D eigenvalue weighted by molar-refractivity contribution is 0.419. The van der Waals surface area contributed by atoms with Gasteiger partial charge in [0.1, 0.15) is 35.1 Å². The quantitative estimate of drug-likeness (QED) is 0.373. The van der Waals surface area contributed by atoms with Crippen LogP contribution in [0, 0.1) is 34.4 Å². The van der Waals surface area contributed by atoms with Crippen molar-refractivity contribution in [1.82, 2.24) is 10.3 Å². The third-order valence-corrected chi connectivity index (χ3v) is 3.74. The van der Waals surface area contributed by atoms with Gasteiger partial charge in [-0.1, -0.05) is 0 Å². The van der Waals surface area contributed by atoms with Crippen molar-refractivity contribution in [2.24, 2.45) is 4.99 Å². The first-order valence-electron chi connectivity index (χ1n) is 7.04. The van der Waals surface area contributed by atoms with Crippen LogP contribution in [0.25, 0.3) is 0 Å². The maximum absolute atomic E-state index is 14.4. The van der Waals surface area contributed by atoms with Gasteiger partial charge in [-0.15, -0.1) is 0 Å². The molecule has 11 heteroatoms. The van der Waals surface area contributed by atoms with Crippen LogP contribution in [-0.2, 0) is 0 Å². The normalized spacial score (nSPS) is 15.1. The van der Waals surface area contributed by atoms with E-state index in [4.69, 9.17) is 16.7 Å². The maximum Gasteiger partial charge on any atom is 0.211 e. The van der Waals surface area contributed by atoms with Crippen LogP contribution in [-0.4, -0.2) is 16.1 Å². The molecule has 9 nitrogen and oxygen atoms in total. The zero-order valence-corrected chi connectivity index (χ0v) is 12.9. The molecule has 7 N–H and O–H groups in total. The van der Waals surface area contributed by atoms with Crippen molar-refractivity contribution in [3.05, 3.63) is 40.5 Å². The fourth-order valence-electron chi connectivity index (χ4n) is 2.60. The molecular formula is C15H10F2N8O. The predicted octanol–water partition coefficient (Wildman–Crippen LogP) is 1.04. The first-order chi connectivity index (χ1) is 12.4. The number of phenolic OH excluding ortho intramolecular Hbond substituents is 1. The van der Waals surface area contributed by atoms with Crippen molar-refractivity contribution in [3.63, 3.8) is 0 Å². The lowest BCUT2D eigenvalue weighted by Crippen LogP contribution is -2.33. The number of hydrogen-bond donors (Lipinski definition) is 5. The Morgan fingerprint density at radius 2 is 1.96 bits per heavy atom. The smallest absolute Gasteiger partial charge is 0.211 e. The highest BCUT2D eigenvalue weighted by molar-refractivity contribution is 5.98. The Bertz CT molecular complexity index is 1040. The maximum atomic E-state index is 14.4. The molecule has 1 atom stereocenters. The van der Waals surface area contributed by atoms with Crippen molar-refractivity contribution in [2.75, 3.05) is 16.8 Å². The molecule has 0 spiro atoms. The average molecular weight is 356 g/mol. The Labute approximate surface area is 145 Å². The van der Waals surface area contributed by atoms with Crippen molar-refractivity contribution < 1.29 is 13.9 Å². The van der Waals surface area contributed by atoms with E-state index in [2.05, 4.69) is 20.6 Å². The second kappa shape index (κ2) is 6.07. The van der Waals surface area contributed by atoms with Crippen molar-refractivity contribution in [3.8, 4) is 18.0 Å². The van der Waals surface area contributed by atoms with E-state index in [1.165, 1.54) is 0 Å². The Morgan fingerprint density at radius 1 is 1.23 bits per heavy atom. The van der Waals surface area contributed by atoms with Crippen molar-refractivity contribution in [2.45, 2.75) is 6.04 Å². The van der Waals surface area contributed by atoms with Crippen molar-refractivity contribution >= 4 is 23.3 Å². The van der Waals surface area contributed by atoms with E-state index < -0.39 is 29.0 Å². The molecule has 0 saturated heterocycles. The number of nitrogens with zero attached hydrogens (tertiary/aromatic N) is 4. The average Bonchev–Trinajstić information content (AvgIpc) is 2.58. The number of phenols is 1. The Kier molecular flexibility index (Phi) is 3.90. The van der Waals surface area contributed by atoms with E-state index >= 15 is 0 Å². The predicted molar refractivity (Wildman–Crippen MR) is 87.4 cm³/mol. The zero-order chi connectivity index (χ0) is 19.0. The van der Waals surface area contributed by atoms with E-state index in [1.807, 2.05) is 0 Å². The number of guanidine groups is 1. The molecule has 0 bridgehead atoms. The minimum Gasteiger partial charge on any atom is -0.505 e. The van der Waals surface area contributed by atoms with E-state index in [1.54, 1.807) is 12.3 Å². The lowest BCUT2D eigenvalue weighted by atomic mass is 9.94. The molecule has 0 amide bonds. The second-order valence-electron chi connectivity index (χ2n) is 5.20. The topological polar surface area (TPSA) is 169 Å². The number of nitriles is 2. The molecule has 3 rings (SSSR count). The van der Waals surface area contributed by atoms with Crippen LogP contribution in [0.1, 0.15) is 22.7 Å². The van der Waals surface area contributed by atoms with Crippen LogP contribution in [0.15, 0.2) is 17.1 Å². The highest BCUT2D eigenvalue weighted by atomic mass is 19.1. The Balaban J connectivity index is 2.35. The Morgan fingerprint density at radius 3 is 2.62 bits per heavy atom. The molecule has 26 heavy (non-hydrogen) atoms. The number of aromatic nitrogens is 1. The summed E-state index contributed by atoms with van der Waals surface area (Å²) in [6.45, 7) is 0. The summed E-state index contributed by atoms with van der Waals surface area (Å²) in [6, 6.07) is 2.05. The molecule has 1 aliphatic rings. The number of aliphatic imine (C=N–C) groups is 1. The summed E-state index contributed by atoms with van der Waals surface area (Å²) in [7, 11) is 0. The zero-order valence-electron chi connectivity index (χ0n) is 12.9. The van der Waals surface area contributed by atoms with Crippen LogP contribution in [0.4, 0.5) is 26.1 Å². The van der Waals surface area contributed by atoms with Crippen LogP contribution >= 0.6 is 0 Å². The summed E-state index contributed by atoms with van der Waals surface area (Å²) in [6.07, 6.45) is 1.61. The highest BCUT2D eigenvalue weighted by Crippen LogP contribution is 2.43. The molecule has 1 aliphatic heterocycles. The highest BCUT2D eigenvalue weighted by Gasteiger charge is 2.33. The molecular weight excluding hydrogens is 346 g/mol. The largest absolute Gasteiger partial charge is 0.505 e. The van der Waals surface area contributed by atoms with Gasteiger partial charge in [0.05, 0.1) is 11.3 Å². The van der Waals surface area contributed by atoms with Gasteiger partial charge >= 0.3 is 0 Å². The van der Waals surface area contributed by atoms with E-state index in [0.717, 1.165) is 12.1 Å². The second-order valence-corrected chi connectivity index (χ2v) is 5.20. The summed E-state index contributed by atoms with van der Waals surface area (Å²) in [4.78, 5) is 7.98. The summed E-state index contributed by atoms with van der Waals surface area (Å²) in [5.74, 6) is -3.45. The van der Waals surface area contributed by atoms with Gasteiger partial charge in [-0.05, 0) is 12.1 Å². The molecule has 0 radical (unpaired) electrons. The van der Waals surface area contributed by atoms with Gasteiger partial charge in [0.25, 0.3) is 0 Å². The monoisotopic (exact) mass is 356 g/mol. The van der Waals surface area contributed by atoms with Gasteiger partial charge in [-0.25, -0.2) is 18.8 Å². The minimum atomic E-state index is -1.42. The first-order valence-corrected chi connectivity index (χ1v) is 7.04. The molecule has 1 aromatic heterocycles. The number of nitrogens with one attached hydrogen (secondary N) is 2. The lowest BCUT2D eigenvalue weighted by Gasteiger charge is -2.26. The van der Waals surface area contributed by atoms with E-state index in [-0.39, 0.29) is 34.4 Å². The fourth-order valence-corrected chi connectivity index (χ4v) is 2.60. The molecule has 130 valence electrons. The molecule has 1 aromatic carbocycles. The van der Waals surface area contributed by atoms with E-state index in [0.29, 0.717) is 0 Å². The number of rotatable bonds is 1. The number of fused-ring (bicyclic) bond motifs is 1. The molecule has 2 aromatic rings. The number of pyridine rings is 1. The Hall–Kier alpha value is -4.12. The number of nitrogens with two attached hydrogens (primary N) is 2. The molecule has 0 aliphatic carbocycles. The van der Waals surface area contributed by atoms with Crippen molar-refractivity contribution in [1.29, 1.82) is 10.5 Å². The van der Waals surface area contributed by atoms with E-state index in [9.17, 15) is 19.1 Å². The SMILES string of the molecule is N#CNC1=NC(c2c(F)ccc(O)c2F)c2c(nc(N)c(C#N)c2N)N1. The number of anilines is 3. The fraction of sp³-hybridized carbons (Fsp3) is 0.0667. The van der Waals surface area contributed by atoms with Gasteiger partial charge in [0, 0.05) is 5.56 Å². The van der Waals surface area contributed by atoms with Gasteiger partial charge in [0.2, 0.25) is 5.96 Å². The molecule has 2 heterocycles. The van der Waals surface area contributed by atoms with Gasteiger partial charge in [0.15, 0.2) is 17.8 Å². The summed E-state index contributed by atoms with van der Waals surface area (Å²) >= 11 is 0. The van der Waals surface area contributed by atoms with Gasteiger partial charge in [-0.2, -0.15) is 10.5 Å². The summed E-state index contributed by atoms with van der Waals surface area (Å²) in [5, 5.41) is 32.4. The molecule has 1 unspecified atom stereocenters. The van der Waals surface area contributed by atoms with Crippen LogP contribution in [0.3, 0.4) is 0 Å². The number of nitrogen functional groups attached to an aromatic ring is 2. The molecule has 0 saturated carbocycles. The standard InChI is InChI=1S/C15H10F2N8O/c16-6-1-2-7(26)10(17)8(6)12-9-11(20)5(3-18)13(21)24-14(9)25-15(23-12)22-4-19/h1-2,12,26H,(H6,20,21,22,23,24,25). The number of hydrogen-bond acceptors (Lipinski definition) is 9. The first kappa shape index (κ1) is 16.7. The number of halogens is 2. The van der Waals surface area contributed by atoms with Gasteiger partial charge in [-0.3, -0.25) is 5.32 Å². The summed E-state index contributed by atoms with van der Waals surface area (Å²) in [5.41, 5.74) is 10.7.